The number of non-ortho nitro benzene ring substituents is 1. The molecule has 0 atom stereocenters. The zero-order valence-electron chi connectivity index (χ0n) is 15.8. The summed E-state index contributed by atoms with van der Waals surface area (Å²) < 4.78 is 12.3. The van der Waals surface area contributed by atoms with Gasteiger partial charge in [0.1, 0.15) is 0 Å². The number of carbonyl (C=O) groups is 1. The molecule has 5 rings (SSSR count). The van der Waals surface area contributed by atoms with Crippen LogP contribution in [0.3, 0.4) is 0 Å². The van der Waals surface area contributed by atoms with Crippen molar-refractivity contribution in [2.45, 2.75) is 5.16 Å². The molecule has 0 saturated carbocycles. The zero-order chi connectivity index (χ0) is 21.4. The van der Waals surface area contributed by atoms with Crippen molar-refractivity contribution in [3.63, 3.8) is 0 Å². The topological polar surface area (TPSA) is 122 Å². The molecule has 0 bridgehead atoms. The number of rotatable bonds is 6. The second-order valence-corrected chi connectivity index (χ2v) is 7.50. The monoisotopic (exact) mass is 435 g/mol. The van der Waals surface area contributed by atoms with E-state index in [4.69, 9.17) is 9.47 Å². The Labute approximate surface area is 179 Å². The first-order chi connectivity index (χ1) is 15.1. The Bertz CT molecular complexity index is 1340. The quantitative estimate of drug-likeness (QED) is 0.194. The molecule has 154 valence electrons. The summed E-state index contributed by atoms with van der Waals surface area (Å²) in [6.45, 7) is 0.191. The molecule has 0 saturated heterocycles. The maximum Gasteiger partial charge on any atom is 0.270 e. The Balaban J connectivity index is 1.38. The molecular weight excluding hydrogens is 422 g/mol. The molecule has 1 aliphatic heterocycles. The van der Waals surface area contributed by atoms with Gasteiger partial charge in [-0.2, -0.15) is 9.61 Å². The van der Waals surface area contributed by atoms with E-state index < -0.39 is 4.92 Å². The fraction of sp³-hybridized carbons (Fsp3) is 0.100. The summed E-state index contributed by atoms with van der Waals surface area (Å²) >= 11 is 1.16. The number of nitro groups is 1. The Morgan fingerprint density at radius 1 is 1.10 bits per heavy atom. The third kappa shape index (κ3) is 3.66. The van der Waals surface area contributed by atoms with E-state index in [-0.39, 0.29) is 29.6 Å². The van der Waals surface area contributed by atoms with Crippen LogP contribution in [-0.4, -0.2) is 43.1 Å². The highest BCUT2D eigenvalue weighted by molar-refractivity contribution is 7.99. The van der Waals surface area contributed by atoms with Crippen LogP contribution >= 0.6 is 11.8 Å². The molecule has 11 heteroatoms. The Morgan fingerprint density at radius 3 is 2.84 bits per heavy atom. The van der Waals surface area contributed by atoms with E-state index in [9.17, 15) is 14.9 Å². The average Bonchev–Trinajstić information content (AvgIpc) is 3.43. The van der Waals surface area contributed by atoms with Crippen LogP contribution in [0.1, 0.15) is 10.4 Å². The van der Waals surface area contributed by atoms with E-state index >= 15 is 0 Å². The Kier molecular flexibility index (Phi) is 4.71. The summed E-state index contributed by atoms with van der Waals surface area (Å²) in [5.74, 6) is 1.13. The lowest BCUT2D eigenvalue weighted by atomic mass is 10.1. The number of Topliss-reactive ketones (excluding diaryl/α,β-unsaturated/α-hetero) is 1. The molecule has 1 aliphatic rings. The van der Waals surface area contributed by atoms with Crippen LogP contribution in [0, 0.1) is 10.1 Å². The minimum Gasteiger partial charge on any atom is -0.454 e. The van der Waals surface area contributed by atoms with Crippen molar-refractivity contribution in [3.8, 4) is 22.8 Å². The Morgan fingerprint density at radius 2 is 1.97 bits per heavy atom. The number of ether oxygens (including phenoxy) is 2. The summed E-state index contributed by atoms with van der Waals surface area (Å²) in [6, 6.07) is 14.8. The number of ketones is 1. The van der Waals surface area contributed by atoms with E-state index in [0.717, 1.165) is 17.3 Å². The molecule has 10 nitrogen and oxygen atoms in total. The van der Waals surface area contributed by atoms with Gasteiger partial charge in [-0.15, -0.1) is 10.2 Å². The summed E-state index contributed by atoms with van der Waals surface area (Å²) in [6.07, 6.45) is 0. The maximum absolute atomic E-state index is 12.5. The number of fused-ring (bicyclic) bond motifs is 2. The van der Waals surface area contributed by atoms with Gasteiger partial charge < -0.3 is 9.47 Å². The van der Waals surface area contributed by atoms with Gasteiger partial charge >= 0.3 is 0 Å². The predicted molar refractivity (Wildman–Crippen MR) is 110 cm³/mol. The third-order valence-electron chi connectivity index (χ3n) is 4.61. The van der Waals surface area contributed by atoms with Gasteiger partial charge in [0.2, 0.25) is 11.9 Å². The molecule has 0 N–H and O–H groups in total. The number of hydrogen-bond acceptors (Lipinski definition) is 9. The molecule has 0 radical (unpaired) electrons. The second kappa shape index (κ2) is 7.69. The van der Waals surface area contributed by atoms with Crippen LogP contribution in [0.25, 0.3) is 16.9 Å². The van der Waals surface area contributed by atoms with Crippen LogP contribution in [0.15, 0.2) is 59.8 Å². The first-order valence-corrected chi connectivity index (χ1v) is 10.1. The molecule has 0 aliphatic carbocycles. The van der Waals surface area contributed by atoms with E-state index in [1.807, 2.05) is 24.3 Å². The molecule has 0 unspecified atom stereocenters. The molecule has 31 heavy (non-hydrogen) atoms. The van der Waals surface area contributed by atoms with Crippen molar-refractivity contribution in [2.75, 3.05) is 12.5 Å². The number of nitro benzene ring substituents is 1. The maximum atomic E-state index is 12.5. The van der Waals surface area contributed by atoms with E-state index in [0.29, 0.717) is 28.0 Å². The summed E-state index contributed by atoms with van der Waals surface area (Å²) in [5, 5.41) is 24.1. The smallest absolute Gasteiger partial charge is 0.270 e. The van der Waals surface area contributed by atoms with Crippen molar-refractivity contribution in [2.24, 2.45) is 0 Å². The highest BCUT2D eigenvalue weighted by Gasteiger charge is 2.17. The minimum absolute atomic E-state index is 0.0396. The number of thioether (sulfide) groups is 1. The average molecular weight is 435 g/mol. The van der Waals surface area contributed by atoms with Crippen LogP contribution < -0.4 is 9.47 Å². The normalized spacial score (nSPS) is 12.3. The summed E-state index contributed by atoms with van der Waals surface area (Å²) in [7, 11) is 0. The number of nitrogens with zero attached hydrogens (tertiary/aromatic N) is 5. The first-order valence-electron chi connectivity index (χ1n) is 9.11. The van der Waals surface area contributed by atoms with Crippen molar-refractivity contribution < 1.29 is 19.2 Å². The summed E-state index contributed by atoms with van der Waals surface area (Å²) in [5.41, 5.74) is 2.19. The van der Waals surface area contributed by atoms with Gasteiger partial charge in [-0.1, -0.05) is 23.9 Å². The third-order valence-corrected chi connectivity index (χ3v) is 5.53. The van der Waals surface area contributed by atoms with E-state index in [1.54, 1.807) is 16.6 Å². The van der Waals surface area contributed by atoms with Crippen LogP contribution in [0.2, 0.25) is 0 Å². The highest BCUT2D eigenvalue weighted by Crippen LogP contribution is 2.35. The molecule has 4 aromatic rings. The first kappa shape index (κ1) is 19.0. The number of benzene rings is 2. The fourth-order valence-electron chi connectivity index (χ4n) is 3.08. The van der Waals surface area contributed by atoms with Gasteiger partial charge in [0, 0.05) is 23.3 Å². The molecule has 0 spiro atoms. The molecule has 0 fully saturated rings. The van der Waals surface area contributed by atoms with Crippen LogP contribution in [0.5, 0.6) is 11.5 Å². The van der Waals surface area contributed by atoms with Crippen molar-refractivity contribution in [3.05, 3.63) is 70.3 Å². The number of hydrogen-bond donors (Lipinski definition) is 0. The van der Waals surface area contributed by atoms with Gasteiger partial charge in [0.05, 0.1) is 16.4 Å². The van der Waals surface area contributed by atoms with Gasteiger partial charge in [0.15, 0.2) is 22.9 Å². The van der Waals surface area contributed by atoms with Gasteiger partial charge in [-0.05, 0) is 30.3 Å². The number of aromatic nitrogens is 4. The van der Waals surface area contributed by atoms with Crippen molar-refractivity contribution >= 4 is 28.9 Å². The summed E-state index contributed by atoms with van der Waals surface area (Å²) in [4.78, 5) is 22.9. The van der Waals surface area contributed by atoms with Gasteiger partial charge in [-0.3, -0.25) is 14.9 Å². The molecule has 2 aromatic heterocycles. The largest absolute Gasteiger partial charge is 0.454 e. The standard InChI is InChI=1S/C20H13N5O5S/c26-16(13-2-1-3-14(8-13)25(27)28)10-31-20-22-21-19-7-5-15(23-24(19)20)12-4-6-17-18(9-12)30-11-29-17/h1-9H,10-11H2. The minimum atomic E-state index is -0.530. The molecular formula is C20H13N5O5S. The number of carbonyl (C=O) groups excluding carboxylic acids is 1. The van der Waals surface area contributed by atoms with Crippen LogP contribution in [-0.2, 0) is 0 Å². The lowest BCUT2D eigenvalue weighted by Crippen LogP contribution is -2.04. The fourth-order valence-corrected chi connectivity index (χ4v) is 3.86. The lowest BCUT2D eigenvalue weighted by molar-refractivity contribution is -0.384. The zero-order valence-corrected chi connectivity index (χ0v) is 16.6. The molecule has 3 heterocycles. The van der Waals surface area contributed by atoms with E-state index in [1.165, 1.54) is 18.2 Å². The van der Waals surface area contributed by atoms with Crippen molar-refractivity contribution in [1.29, 1.82) is 0 Å². The predicted octanol–water partition coefficient (Wildman–Crippen LogP) is 3.40. The van der Waals surface area contributed by atoms with E-state index in [2.05, 4.69) is 15.3 Å². The second-order valence-electron chi connectivity index (χ2n) is 6.56. The van der Waals surface area contributed by atoms with Gasteiger partial charge in [0.25, 0.3) is 5.69 Å². The lowest BCUT2D eigenvalue weighted by Gasteiger charge is -2.04. The molecule has 0 amide bonds. The van der Waals surface area contributed by atoms with Crippen molar-refractivity contribution in [1.82, 2.24) is 19.8 Å². The molecule has 2 aromatic carbocycles. The van der Waals surface area contributed by atoms with Gasteiger partial charge in [-0.25, -0.2) is 0 Å². The Hall–Kier alpha value is -3.99. The van der Waals surface area contributed by atoms with Crippen LogP contribution in [0.4, 0.5) is 5.69 Å². The SMILES string of the molecule is O=C(CSc1nnc2ccc(-c3ccc4c(c3)OCO4)nn12)c1cccc([N+](=O)[O-])c1. The highest BCUT2D eigenvalue weighted by atomic mass is 32.2.